The fourth-order valence-electron chi connectivity index (χ4n) is 2.69. The minimum absolute atomic E-state index is 0.0652. The van der Waals surface area contributed by atoms with Gasteiger partial charge in [0.1, 0.15) is 17.8 Å². The average Bonchev–Trinajstić information content (AvgIpc) is 2.61. The third-order valence-corrected chi connectivity index (χ3v) is 4.96. The van der Waals surface area contributed by atoms with E-state index < -0.39 is 16.4 Å². The van der Waals surface area contributed by atoms with E-state index in [-0.39, 0.29) is 10.6 Å². The second kappa shape index (κ2) is 6.89. The molecule has 134 valence electrons. The molecule has 2 heterocycles. The first-order chi connectivity index (χ1) is 11.8. The van der Waals surface area contributed by atoms with Crippen LogP contribution in [0.15, 0.2) is 41.6 Å². The van der Waals surface area contributed by atoms with Crippen molar-refractivity contribution in [1.82, 2.24) is 9.97 Å². The van der Waals surface area contributed by atoms with E-state index in [0.717, 1.165) is 12.0 Å². The van der Waals surface area contributed by atoms with Crippen LogP contribution in [-0.2, 0) is 10.0 Å². The zero-order chi connectivity index (χ0) is 18.0. The highest BCUT2D eigenvalue weighted by atomic mass is 32.2. The van der Waals surface area contributed by atoms with Crippen molar-refractivity contribution < 1.29 is 17.2 Å². The standard InChI is InChI=1S/C15H17F2N5O2S/c16-15(17)13-9-14(20-10-19-13)22-7-5-21(6-8-22)11-1-3-12(4-2-11)25(18,23)24/h1-4,9-10,15H,5-8H2,(H2,18,23,24). The summed E-state index contributed by atoms with van der Waals surface area (Å²) in [6, 6.07) is 7.65. The van der Waals surface area contributed by atoms with Gasteiger partial charge in [-0.1, -0.05) is 0 Å². The summed E-state index contributed by atoms with van der Waals surface area (Å²) in [5, 5.41) is 5.09. The molecular weight excluding hydrogens is 352 g/mol. The van der Waals surface area contributed by atoms with Crippen LogP contribution in [0.5, 0.6) is 0 Å². The number of halogens is 2. The molecule has 2 N–H and O–H groups in total. The fraction of sp³-hybridized carbons (Fsp3) is 0.333. The SMILES string of the molecule is NS(=O)(=O)c1ccc(N2CCN(c3cc(C(F)F)ncn3)CC2)cc1. The second-order valence-electron chi connectivity index (χ2n) is 5.61. The molecule has 0 amide bonds. The zero-order valence-corrected chi connectivity index (χ0v) is 14.0. The van der Waals surface area contributed by atoms with Gasteiger partial charge in [0, 0.05) is 37.9 Å². The average molecular weight is 369 g/mol. The lowest BCUT2D eigenvalue weighted by Crippen LogP contribution is -2.46. The van der Waals surface area contributed by atoms with E-state index in [0.29, 0.717) is 32.0 Å². The molecule has 1 aromatic heterocycles. The molecule has 0 atom stereocenters. The topological polar surface area (TPSA) is 92.4 Å². The van der Waals surface area contributed by atoms with Gasteiger partial charge in [0.15, 0.2) is 0 Å². The fourth-order valence-corrected chi connectivity index (χ4v) is 3.21. The first-order valence-electron chi connectivity index (χ1n) is 7.57. The Bertz CT molecular complexity index is 837. The van der Waals surface area contributed by atoms with E-state index >= 15 is 0 Å². The number of nitrogens with two attached hydrogens (primary N) is 1. The lowest BCUT2D eigenvalue weighted by Gasteiger charge is -2.36. The van der Waals surface area contributed by atoms with Gasteiger partial charge in [-0.05, 0) is 24.3 Å². The van der Waals surface area contributed by atoms with Crippen LogP contribution in [0.2, 0.25) is 0 Å². The molecule has 2 aromatic rings. The van der Waals surface area contributed by atoms with Gasteiger partial charge in [0.2, 0.25) is 10.0 Å². The highest BCUT2D eigenvalue weighted by Crippen LogP contribution is 2.23. The predicted molar refractivity (Wildman–Crippen MR) is 89.2 cm³/mol. The first kappa shape index (κ1) is 17.5. The van der Waals surface area contributed by atoms with Crippen LogP contribution >= 0.6 is 0 Å². The smallest absolute Gasteiger partial charge is 0.280 e. The Kier molecular flexibility index (Phi) is 4.82. The molecule has 0 aliphatic carbocycles. The monoisotopic (exact) mass is 369 g/mol. The van der Waals surface area contributed by atoms with Gasteiger partial charge in [-0.2, -0.15) is 0 Å². The van der Waals surface area contributed by atoms with Crippen molar-refractivity contribution in [2.75, 3.05) is 36.0 Å². The van der Waals surface area contributed by atoms with Crippen LogP contribution in [0.1, 0.15) is 12.1 Å². The third kappa shape index (κ3) is 4.02. The number of aromatic nitrogens is 2. The van der Waals surface area contributed by atoms with E-state index in [9.17, 15) is 17.2 Å². The lowest BCUT2D eigenvalue weighted by atomic mass is 10.2. The van der Waals surface area contributed by atoms with Crippen LogP contribution < -0.4 is 14.9 Å². The maximum absolute atomic E-state index is 12.7. The van der Waals surface area contributed by atoms with Crippen molar-refractivity contribution in [3.05, 3.63) is 42.4 Å². The number of anilines is 2. The van der Waals surface area contributed by atoms with Crippen LogP contribution in [-0.4, -0.2) is 44.6 Å². The molecule has 0 radical (unpaired) electrons. The van der Waals surface area contributed by atoms with Crippen molar-refractivity contribution in [2.24, 2.45) is 5.14 Å². The van der Waals surface area contributed by atoms with Gasteiger partial charge >= 0.3 is 0 Å². The number of alkyl halides is 2. The van der Waals surface area contributed by atoms with E-state index in [2.05, 4.69) is 14.9 Å². The molecule has 0 bridgehead atoms. The molecule has 3 rings (SSSR count). The van der Waals surface area contributed by atoms with Gasteiger partial charge in [0.25, 0.3) is 6.43 Å². The van der Waals surface area contributed by atoms with Crippen molar-refractivity contribution in [1.29, 1.82) is 0 Å². The molecule has 1 aliphatic rings. The molecule has 1 aliphatic heterocycles. The summed E-state index contributed by atoms with van der Waals surface area (Å²) in [5.74, 6) is 0.481. The number of benzene rings is 1. The summed E-state index contributed by atoms with van der Waals surface area (Å²) in [5.41, 5.74) is 0.592. The quantitative estimate of drug-likeness (QED) is 0.876. The number of primary sulfonamides is 1. The molecular formula is C15H17F2N5O2S. The molecule has 1 aromatic carbocycles. The number of sulfonamides is 1. The van der Waals surface area contributed by atoms with Crippen LogP contribution in [0, 0.1) is 0 Å². The summed E-state index contributed by atoms with van der Waals surface area (Å²) in [4.78, 5) is 11.7. The number of hydrogen-bond acceptors (Lipinski definition) is 6. The van der Waals surface area contributed by atoms with Gasteiger partial charge in [-0.25, -0.2) is 32.3 Å². The Labute approximate surface area is 144 Å². The van der Waals surface area contributed by atoms with Crippen molar-refractivity contribution >= 4 is 21.5 Å². The Morgan fingerprint density at radius 1 is 1.00 bits per heavy atom. The maximum atomic E-state index is 12.7. The van der Waals surface area contributed by atoms with E-state index in [1.165, 1.54) is 18.2 Å². The normalized spacial score (nSPS) is 15.7. The van der Waals surface area contributed by atoms with E-state index in [1.54, 1.807) is 12.1 Å². The minimum atomic E-state index is -3.71. The molecule has 25 heavy (non-hydrogen) atoms. The summed E-state index contributed by atoms with van der Waals surface area (Å²) in [6.07, 6.45) is -1.48. The van der Waals surface area contributed by atoms with Crippen LogP contribution in [0.4, 0.5) is 20.3 Å². The maximum Gasteiger partial charge on any atom is 0.280 e. The molecule has 0 spiro atoms. The first-order valence-corrected chi connectivity index (χ1v) is 9.12. The van der Waals surface area contributed by atoms with Gasteiger partial charge < -0.3 is 9.80 Å². The Hall–Kier alpha value is -2.33. The molecule has 1 saturated heterocycles. The Morgan fingerprint density at radius 2 is 1.60 bits per heavy atom. The molecule has 0 saturated carbocycles. The molecule has 1 fully saturated rings. The number of piperazine rings is 1. The number of nitrogens with zero attached hydrogens (tertiary/aromatic N) is 4. The Balaban J connectivity index is 1.67. The number of rotatable bonds is 4. The highest BCUT2D eigenvalue weighted by Gasteiger charge is 2.20. The van der Waals surface area contributed by atoms with E-state index in [1.807, 2.05) is 4.90 Å². The van der Waals surface area contributed by atoms with Gasteiger partial charge in [-0.15, -0.1) is 0 Å². The Morgan fingerprint density at radius 3 is 2.16 bits per heavy atom. The van der Waals surface area contributed by atoms with Crippen LogP contribution in [0.3, 0.4) is 0 Å². The van der Waals surface area contributed by atoms with E-state index in [4.69, 9.17) is 5.14 Å². The lowest BCUT2D eigenvalue weighted by molar-refractivity contribution is 0.146. The summed E-state index contributed by atoms with van der Waals surface area (Å²) in [6.45, 7) is 2.53. The summed E-state index contributed by atoms with van der Waals surface area (Å²) < 4.78 is 48.1. The van der Waals surface area contributed by atoms with Crippen LogP contribution in [0.25, 0.3) is 0 Å². The van der Waals surface area contributed by atoms with Gasteiger partial charge in [-0.3, -0.25) is 0 Å². The summed E-state index contributed by atoms with van der Waals surface area (Å²) in [7, 11) is -3.71. The molecule has 10 heteroatoms. The highest BCUT2D eigenvalue weighted by molar-refractivity contribution is 7.89. The predicted octanol–water partition coefficient (Wildman–Crippen LogP) is 1.39. The minimum Gasteiger partial charge on any atom is -0.368 e. The van der Waals surface area contributed by atoms with Gasteiger partial charge in [0.05, 0.1) is 4.90 Å². The van der Waals surface area contributed by atoms with Crippen molar-refractivity contribution in [3.63, 3.8) is 0 Å². The molecule has 7 nitrogen and oxygen atoms in total. The third-order valence-electron chi connectivity index (χ3n) is 4.03. The second-order valence-corrected chi connectivity index (χ2v) is 7.18. The number of hydrogen-bond donors (Lipinski definition) is 1. The van der Waals surface area contributed by atoms with Crippen molar-refractivity contribution in [2.45, 2.75) is 11.3 Å². The van der Waals surface area contributed by atoms with Crippen molar-refractivity contribution in [3.8, 4) is 0 Å². The largest absolute Gasteiger partial charge is 0.368 e. The zero-order valence-electron chi connectivity index (χ0n) is 13.2. The summed E-state index contributed by atoms with van der Waals surface area (Å²) >= 11 is 0. The molecule has 0 unspecified atom stereocenters.